The number of hydrogen-bond donors (Lipinski definition) is 1. The van der Waals surface area contributed by atoms with Crippen molar-refractivity contribution in [2.45, 2.75) is 6.61 Å². The second kappa shape index (κ2) is 4.69. The van der Waals surface area contributed by atoms with Crippen molar-refractivity contribution >= 4 is 0 Å². The topological polar surface area (TPSA) is 67.9 Å². The quantitative estimate of drug-likeness (QED) is 0.879. The van der Waals surface area contributed by atoms with Crippen molar-refractivity contribution in [3.63, 3.8) is 0 Å². The molecule has 0 saturated carbocycles. The fourth-order valence-corrected chi connectivity index (χ4v) is 1.20. The number of nitrogens with one attached hydrogen (secondary N) is 1. The van der Waals surface area contributed by atoms with Crippen LogP contribution < -0.4 is 10.3 Å². The number of H-pyrrole nitrogens is 1. The van der Waals surface area contributed by atoms with Crippen LogP contribution in [0.4, 0.5) is 8.78 Å². The van der Waals surface area contributed by atoms with Crippen LogP contribution in [-0.4, -0.2) is 21.8 Å². The summed E-state index contributed by atoms with van der Waals surface area (Å²) in [6, 6.07) is 5.63. The standard InChI is InChI=1S/C10H7F2N3O2/c11-10(12)17-9-4-1-6(5-13-9)7-2-3-8(16)15-14-7/h1-5,10H,(H,15,16). The summed E-state index contributed by atoms with van der Waals surface area (Å²) in [6.07, 6.45) is 1.33. The molecular formula is C10H7F2N3O2. The van der Waals surface area contributed by atoms with E-state index in [0.29, 0.717) is 11.3 Å². The molecule has 88 valence electrons. The van der Waals surface area contributed by atoms with Gasteiger partial charge in [0.05, 0.1) is 5.69 Å². The summed E-state index contributed by atoms with van der Waals surface area (Å²) < 4.78 is 27.8. The minimum atomic E-state index is -2.90. The molecule has 0 radical (unpaired) electrons. The highest BCUT2D eigenvalue weighted by Gasteiger charge is 2.06. The molecule has 7 heteroatoms. The predicted molar refractivity (Wildman–Crippen MR) is 54.7 cm³/mol. The molecule has 0 aliphatic heterocycles. The number of alkyl halides is 2. The summed E-state index contributed by atoms with van der Waals surface area (Å²) in [5, 5.41) is 6.03. The molecule has 2 aromatic rings. The molecule has 0 aliphatic rings. The van der Waals surface area contributed by atoms with E-state index in [9.17, 15) is 13.6 Å². The van der Waals surface area contributed by atoms with Gasteiger partial charge in [0.2, 0.25) is 5.88 Å². The first kappa shape index (κ1) is 11.2. The van der Waals surface area contributed by atoms with Crippen LogP contribution in [0.3, 0.4) is 0 Å². The van der Waals surface area contributed by atoms with E-state index >= 15 is 0 Å². The van der Waals surface area contributed by atoms with Crippen LogP contribution in [0.15, 0.2) is 35.3 Å². The molecule has 2 rings (SSSR count). The van der Waals surface area contributed by atoms with Crippen LogP contribution in [0.1, 0.15) is 0 Å². The third-order valence-corrected chi connectivity index (χ3v) is 1.92. The van der Waals surface area contributed by atoms with E-state index in [-0.39, 0.29) is 11.4 Å². The van der Waals surface area contributed by atoms with Crippen molar-refractivity contribution in [3.8, 4) is 17.1 Å². The molecule has 0 unspecified atom stereocenters. The molecule has 0 bridgehead atoms. The average Bonchev–Trinajstić information content (AvgIpc) is 2.30. The Labute approximate surface area is 94.1 Å². The minimum Gasteiger partial charge on any atom is -0.417 e. The molecule has 0 amide bonds. The maximum Gasteiger partial charge on any atom is 0.388 e. The van der Waals surface area contributed by atoms with Gasteiger partial charge in [-0.1, -0.05) is 0 Å². The van der Waals surface area contributed by atoms with E-state index in [2.05, 4.69) is 19.9 Å². The van der Waals surface area contributed by atoms with Crippen molar-refractivity contribution in [2.24, 2.45) is 0 Å². The van der Waals surface area contributed by atoms with E-state index in [4.69, 9.17) is 0 Å². The molecule has 0 saturated heterocycles. The largest absolute Gasteiger partial charge is 0.417 e. The number of hydrogen-bond acceptors (Lipinski definition) is 4. The van der Waals surface area contributed by atoms with Gasteiger partial charge in [-0.3, -0.25) is 4.79 Å². The molecule has 2 heterocycles. The third kappa shape index (κ3) is 2.83. The Morgan fingerprint density at radius 1 is 1.24 bits per heavy atom. The number of halogens is 2. The lowest BCUT2D eigenvalue weighted by atomic mass is 10.2. The Bertz CT molecular complexity index is 534. The first-order chi connectivity index (χ1) is 8.15. The zero-order valence-electron chi connectivity index (χ0n) is 8.43. The van der Waals surface area contributed by atoms with Crippen LogP contribution in [0, 0.1) is 0 Å². The second-order valence-corrected chi connectivity index (χ2v) is 3.07. The predicted octanol–water partition coefficient (Wildman–Crippen LogP) is 1.43. The lowest BCUT2D eigenvalue weighted by Crippen LogP contribution is -2.06. The molecule has 17 heavy (non-hydrogen) atoms. The number of nitrogens with zero attached hydrogens (tertiary/aromatic N) is 2. The number of rotatable bonds is 3. The first-order valence-electron chi connectivity index (χ1n) is 4.62. The summed E-state index contributed by atoms with van der Waals surface area (Å²) in [7, 11) is 0. The van der Waals surface area contributed by atoms with Crippen molar-refractivity contribution < 1.29 is 13.5 Å². The van der Waals surface area contributed by atoms with E-state index in [1.165, 1.54) is 30.5 Å². The van der Waals surface area contributed by atoms with Crippen molar-refractivity contribution in [3.05, 3.63) is 40.8 Å². The number of aromatic nitrogens is 3. The van der Waals surface area contributed by atoms with Crippen LogP contribution in [-0.2, 0) is 0 Å². The van der Waals surface area contributed by atoms with Crippen molar-refractivity contribution in [1.29, 1.82) is 0 Å². The maximum atomic E-state index is 11.9. The normalized spacial score (nSPS) is 10.5. The lowest BCUT2D eigenvalue weighted by molar-refractivity contribution is -0.0528. The molecule has 0 spiro atoms. The smallest absolute Gasteiger partial charge is 0.388 e. The van der Waals surface area contributed by atoms with Gasteiger partial charge in [-0.05, 0) is 12.1 Å². The Balaban J connectivity index is 2.23. The Kier molecular flexibility index (Phi) is 3.08. The van der Waals surface area contributed by atoms with Gasteiger partial charge in [-0.25, -0.2) is 10.1 Å². The van der Waals surface area contributed by atoms with Crippen LogP contribution in [0.2, 0.25) is 0 Å². The average molecular weight is 239 g/mol. The van der Waals surface area contributed by atoms with Gasteiger partial charge in [-0.2, -0.15) is 13.9 Å². The molecule has 0 fully saturated rings. The molecule has 1 N–H and O–H groups in total. The second-order valence-electron chi connectivity index (χ2n) is 3.07. The summed E-state index contributed by atoms with van der Waals surface area (Å²) in [5.41, 5.74) is 0.753. The zero-order valence-corrected chi connectivity index (χ0v) is 8.43. The van der Waals surface area contributed by atoms with Gasteiger partial charge in [0.1, 0.15) is 0 Å². The highest BCUT2D eigenvalue weighted by Crippen LogP contribution is 2.17. The van der Waals surface area contributed by atoms with Crippen molar-refractivity contribution in [1.82, 2.24) is 15.2 Å². The highest BCUT2D eigenvalue weighted by atomic mass is 19.3. The van der Waals surface area contributed by atoms with Gasteiger partial charge in [0, 0.05) is 23.9 Å². The fourth-order valence-electron chi connectivity index (χ4n) is 1.20. The Morgan fingerprint density at radius 2 is 2.06 bits per heavy atom. The minimum absolute atomic E-state index is 0.173. The SMILES string of the molecule is O=c1ccc(-c2ccc(OC(F)F)nc2)n[nH]1. The van der Waals surface area contributed by atoms with E-state index in [0.717, 1.165) is 0 Å². The Morgan fingerprint density at radius 3 is 2.59 bits per heavy atom. The van der Waals surface area contributed by atoms with Gasteiger partial charge in [-0.15, -0.1) is 0 Å². The van der Waals surface area contributed by atoms with Gasteiger partial charge in [0.25, 0.3) is 5.56 Å². The number of pyridine rings is 1. The van der Waals surface area contributed by atoms with Crippen LogP contribution in [0.25, 0.3) is 11.3 Å². The first-order valence-corrected chi connectivity index (χ1v) is 4.62. The third-order valence-electron chi connectivity index (χ3n) is 1.92. The summed E-state index contributed by atoms with van der Waals surface area (Å²) in [4.78, 5) is 14.5. The van der Waals surface area contributed by atoms with Gasteiger partial charge < -0.3 is 4.74 Å². The summed E-state index contributed by atoms with van der Waals surface area (Å²) >= 11 is 0. The lowest BCUT2D eigenvalue weighted by Gasteiger charge is -2.03. The van der Waals surface area contributed by atoms with E-state index in [1.54, 1.807) is 0 Å². The van der Waals surface area contributed by atoms with Crippen molar-refractivity contribution in [2.75, 3.05) is 0 Å². The molecule has 5 nitrogen and oxygen atoms in total. The fraction of sp³-hybridized carbons (Fsp3) is 0.100. The monoisotopic (exact) mass is 239 g/mol. The molecule has 0 aliphatic carbocycles. The van der Waals surface area contributed by atoms with Gasteiger partial charge >= 0.3 is 6.61 Å². The summed E-state index contributed by atoms with van der Waals surface area (Å²) in [5.74, 6) is -0.173. The molecule has 0 aromatic carbocycles. The van der Waals surface area contributed by atoms with E-state index in [1.807, 2.05) is 0 Å². The maximum absolute atomic E-state index is 11.9. The molecule has 2 aromatic heterocycles. The number of ether oxygens (including phenoxy) is 1. The van der Waals surface area contributed by atoms with Crippen LogP contribution in [0.5, 0.6) is 5.88 Å². The molecular weight excluding hydrogens is 232 g/mol. The van der Waals surface area contributed by atoms with E-state index < -0.39 is 6.61 Å². The molecule has 0 atom stereocenters. The zero-order chi connectivity index (χ0) is 12.3. The van der Waals surface area contributed by atoms with Crippen LogP contribution >= 0.6 is 0 Å². The Hall–Kier alpha value is -2.31. The number of aromatic amines is 1. The van der Waals surface area contributed by atoms with Gasteiger partial charge in [0.15, 0.2) is 0 Å². The summed E-state index contributed by atoms with van der Waals surface area (Å²) in [6.45, 7) is -2.90. The highest BCUT2D eigenvalue weighted by molar-refractivity contribution is 5.57.